The summed E-state index contributed by atoms with van der Waals surface area (Å²) in [6, 6.07) is 0. The molecule has 0 aromatic rings. The lowest BCUT2D eigenvalue weighted by molar-refractivity contribution is -0.220. The molecule has 0 aromatic carbocycles. The molecule has 3 unspecified atom stereocenters. The van der Waals surface area contributed by atoms with E-state index < -0.39 is 87.9 Å². The average Bonchev–Trinajstić information content (AvgIpc) is 3.32. The lowest BCUT2D eigenvalue weighted by atomic mass is 9.85. The van der Waals surface area contributed by atoms with E-state index in [-0.39, 0.29) is 19.3 Å². The van der Waals surface area contributed by atoms with Crippen molar-refractivity contribution in [1.82, 2.24) is 0 Å². The number of phosphoric acid groups is 1. The first-order valence-corrected chi connectivity index (χ1v) is 25.4. The lowest BCUT2D eigenvalue weighted by Crippen LogP contribution is -2.64. The zero-order valence-electron chi connectivity index (χ0n) is 40.2. The minimum Gasteiger partial charge on any atom is -0.462 e. The fourth-order valence-electron chi connectivity index (χ4n) is 6.04. The number of phosphoric ester groups is 1. The Morgan fingerprint density at radius 1 is 0.507 bits per heavy atom. The van der Waals surface area contributed by atoms with Crippen LogP contribution in [0.3, 0.4) is 0 Å². The molecular weight excluding hydrogens is 908 g/mol. The summed E-state index contributed by atoms with van der Waals surface area (Å²) in [6.07, 6.45) is 39.7. The van der Waals surface area contributed by atoms with Gasteiger partial charge in [0.1, 0.15) is 43.2 Å². The molecule has 0 aliphatic heterocycles. The quantitative estimate of drug-likeness (QED) is 0.0130. The number of ether oxygens (including phenoxy) is 2. The maximum Gasteiger partial charge on any atom is 0.472 e. The summed E-state index contributed by atoms with van der Waals surface area (Å²) in [6.45, 7) is 2.76. The van der Waals surface area contributed by atoms with Gasteiger partial charge in [-0.25, -0.2) is 4.57 Å². The summed E-state index contributed by atoms with van der Waals surface area (Å²) in [5.41, 5.74) is 0. The highest BCUT2D eigenvalue weighted by molar-refractivity contribution is 7.47. The Kier molecular flexibility index (Phi) is 36.7. The van der Waals surface area contributed by atoms with Gasteiger partial charge in [0.25, 0.3) is 0 Å². The topological polar surface area (TPSA) is 250 Å². The summed E-state index contributed by atoms with van der Waals surface area (Å²) < 4.78 is 33.3. The molecule has 386 valence electrons. The lowest BCUT2D eigenvalue weighted by Gasteiger charge is -2.41. The molecule has 1 aliphatic rings. The number of aliphatic hydroxyl groups is 7. The zero-order valence-corrected chi connectivity index (χ0v) is 41.1. The standard InChI is InChI=1S/C53H79O15P/c1-3-5-7-8-9-10-11-12-13-14-15-16-17-18-19-20-21-25-33-39-46(56)65-41-45(42-66-69(63,64)68-53-51(61)49(59)48(58)50(60)52(53)62)67-47(57)40-34-26-23-22-24-30-36-44(55)38-32-28-27-31-37-43(54)35-29-6-4-2/h5-7,9-10,12-13,15-16,18-19,21,23-32,37-38,43-45,48-55,58-62H,3-4,8,11,14,17,20,22,33-36,39-42H2,1-2H3,(H,63,64)/b7-5-,10-9-,13-12-,16-15-,19-18-,25-21-,26-23-,28-27-,29-6-,30-24-,37-31+,38-32+/t43-,44+,45+,48?,49-,50+,51+,52+,53?/m0/s1. The Morgan fingerprint density at radius 2 is 0.884 bits per heavy atom. The monoisotopic (exact) mass is 987 g/mol. The Bertz CT molecular complexity index is 1790. The molecule has 1 aliphatic carbocycles. The van der Waals surface area contributed by atoms with E-state index in [1.54, 1.807) is 42.5 Å². The van der Waals surface area contributed by atoms with E-state index >= 15 is 0 Å². The summed E-state index contributed by atoms with van der Waals surface area (Å²) in [4.78, 5) is 35.7. The number of carbonyl (C=O) groups is 2. The van der Waals surface area contributed by atoms with E-state index in [2.05, 4.69) is 55.5 Å². The van der Waals surface area contributed by atoms with E-state index in [9.17, 15) is 54.8 Å². The van der Waals surface area contributed by atoms with Crippen molar-refractivity contribution in [3.8, 4) is 0 Å². The van der Waals surface area contributed by atoms with Crippen LogP contribution in [-0.4, -0.2) is 121 Å². The number of aliphatic hydroxyl groups excluding tert-OH is 7. The van der Waals surface area contributed by atoms with Gasteiger partial charge in [-0.2, -0.15) is 0 Å². The smallest absolute Gasteiger partial charge is 0.462 e. The van der Waals surface area contributed by atoms with Crippen LogP contribution in [0.4, 0.5) is 0 Å². The number of hydrogen-bond acceptors (Lipinski definition) is 14. The predicted octanol–water partition coefficient (Wildman–Crippen LogP) is 7.66. The van der Waals surface area contributed by atoms with E-state index in [4.69, 9.17) is 18.5 Å². The Labute approximate surface area is 409 Å². The van der Waals surface area contributed by atoms with Crippen molar-refractivity contribution < 1.29 is 73.3 Å². The molecule has 15 nitrogen and oxygen atoms in total. The van der Waals surface area contributed by atoms with Gasteiger partial charge in [-0.05, 0) is 77.0 Å². The molecule has 0 heterocycles. The van der Waals surface area contributed by atoms with E-state index in [0.717, 1.165) is 38.5 Å². The molecule has 8 N–H and O–H groups in total. The average molecular weight is 987 g/mol. The summed E-state index contributed by atoms with van der Waals surface area (Å²) in [5, 5.41) is 70.2. The molecule has 69 heavy (non-hydrogen) atoms. The first kappa shape index (κ1) is 62.7. The molecular formula is C53H79O15P. The van der Waals surface area contributed by atoms with Gasteiger partial charge in [-0.3, -0.25) is 18.6 Å². The van der Waals surface area contributed by atoms with Gasteiger partial charge in [0, 0.05) is 12.8 Å². The summed E-state index contributed by atoms with van der Waals surface area (Å²) in [5.74, 6) is -1.38. The molecule has 16 heteroatoms. The number of allylic oxidation sites excluding steroid dienone is 20. The van der Waals surface area contributed by atoms with Crippen molar-refractivity contribution in [3.05, 3.63) is 146 Å². The molecule has 0 radical (unpaired) electrons. The third-order valence-electron chi connectivity index (χ3n) is 9.87. The molecule has 0 bridgehead atoms. The van der Waals surface area contributed by atoms with E-state index in [1.165, 1.54) is 0 Å². The van der Waals surface area contributed by atoms with Gasteiger partial charge in [-0.1, -0.05) is 160 Å². The molecule has 1 rings (SSSR count). The van der Waals surface area contributed by atoms with Crippen molar-refractivity contribution >= 4 is 19.8 Å². The first-order valence-electron chi connectivity index (χ1n) is 23.9. The minimum atomic E-state index is -5.20. The van der Waals surface area contributed by atoms with Crippen LogP contribution in [0.1, 0.15) is 104 Å². The molecule has 1 fully saturated rings. The Hall–Kier alpha value is -4.35. The van der Waals surface area contributed by atoms with Crippen LogP contribution in [0.5, 0.6) is 0 Å². The van der Waals surface area contributed by atoms with Crippen molar-refractivity contribution in [1.29, 1.82) is 0 Å². The maximum atomic E-state index is 12.8. The second-order valence-electron chi connectivity index (χ2n) is 15.9. The van der Waals surface area contributed by atoms with Crippen LogP contribution in [0, 0.1) is 0 Å². The van der Waals surface area contributed by atoms with Crippen LogP contribution in [0.25, 0.3) is 0 Å². The minimum absolute atomic E-state index is 0.00638. The van der Waals surface area contributed by atoms with Gasteiger partial charge < -0.3 is 50.1 Å². The number of carbonyl (C=O) groups excluding carboxylic acids is 2. The molecule has 1 saturated carbocycles. The van der Waals surface area contributed by atoms with Crippen molar-refractivity contribution in [3.63, 3.8) is 0 Å². The Balaban J connectivity index is 2.62. The van der Waals surface area contributed by atoms with Crippen molar-refractivity contribution in [2.24, 2.45) is 0 Å². The van der Waals surface area contributed by atoms with E-state index in [0.29, 0.717) is 32.1 Å². The SMILES string of the molecule is CC/C=C\C/C=C\C/C=C\C/C=C\C/C=C\C/C=C\CCC(=O)OC[C@H](COP(=O)(O)OC1[C@H](O)[C@H](O)C(O)[C@H](O)[C@H]1O)OC(=O)CC/C=C\C/C=C\C[C@@H](O)/C=C/C=C\C=C\[C@@H](O)C/C=C\CC. The molecule has 0 amide bonds. The van der Waals surface area contributed by atoms with Crippen molar-refractivity contribution in [2.45, 2.75) is 159 Å². The number of rotatable bonds is 36. The number of hydrogen-bond donors (Lipinski definition) is 8. The normalized spacial score (nSPS) is 23.1. The zero-order chi connectivity index (χ0) is 51.0. The molecule has 10 atom stereocenters. The third kappa shape index (κ3) is 33.0. The summed E-state index contributed by atoms with van der Waals surface area (Å²) >= 11 is 0. The molecule has 0 saturated heterocycles. The largest absolute Gasteiger partial charge is 0.472 e. The second kappa shape index (κ2) is 40.4. The maximum absolute atomic E-state index is 12.8. The fourth-order valence-corrected chi connectivity index (χ4v) is 7.01. The van der Waals surface area contributed by atoms with Crippen LogP contribution in [0.2, 0.25) is 0 Å². The molecule has 0 spiro atoms. The van der Waals surface area contributed by atoms with Crippen LogP contribution in [0.15, 0.2) is 146 Å². The van der Waals surface area contributed by atoms with Crippen LogP contribution < -0.4 is 0 Å². The number of esters is 2. The molecule has 0 aromatic heterocycles. The Morgan fingerprint density at radius 3 is 1.35 bits per heavy atom. The highest BCUT2D eigenvalue weighted by Crippen LogP contribution is 2.47. The van der Waals surface area contributed by atoms with Gasteiger partial charge in [0.2, 0.25) is 0 Å². The first-order chi connectivity index (χ1) is 33.2. The highest BCUT2D eigenvalue weighted by atomic mass is 31.2. The summed E-state index contributed by atoms with van der Waals surface area (Å²) in [7, 11) is -5.20. The second-order valence-corrected chi connectivity index (χ2v) is 17.3. The highest BCUT2D eigenvalue weighted by Gasteiger charge is 2.51. The van der Waals surface area contributed by atoms with Crippen LogP contribution in [-0.2, 0) is 32.7 Å². The van der Waals surface area contributed by atoms with Gasteiger partial charge >= 0.3 is 19.8 Å². The third-order valence-corrected chi connectivity index (χ3v) is 10.9. The van der Waals surface area contributed by atoms with Gasteiger partial charge in [0.05, 0.1) is 18.8 Å². The van der Waals surface area contributed by atoms with Gasteiger partial charge in [0.15, 0.2) is 6.10 Å². The predicted molar refractivity (Wildman–Crippen MR) is 269 cm³/mol. The van der Waals surface area contributed by atoms with Gasteiger partial charge in [-0.15, -0.1) is 0 Å². The fraction of sp³-hybridized carbons (Fsp3) is 0.509. The van der Waals surface area contributed by atoms with Crippen molar-refractivity contribution in [2.75, 3.05) is 13.2 Å². The van der Waals surface area contributed by atoms with Crippen LogP contribution >= 0.6 is 7.82 Å². The van der Waals surface area contributed by atoms with E-state index in [1.807, 2.05) is 61.6 Å².